The van der Waals surface area contributed by atoms with Gasteiger partial charge >= 0.3 is 0 Å². The van der Waals surface area contributed by atoms with Crippen LogP contribution in [-0.2, 0) is 6.42 Å². The summed E-state index contributed by atoms with van der Waals surface area (Å²) in [5, 5.41) is 2.97. The van der Waals surface area contributed by atoms with Crippen LogP contribution in [0.1, 0.15) is 33.4 Å². The Morgan fingerprint density at radius 2 is 2.00 bits per heavy atom. The van der Waals surface area contributed by atoms with Gasteiger partial charge in [0, 0.05) is 22.8 Å². The Morgan fingerprint density at radius 3 is 2.79 bits per heavy atom. The Balaban J connectivity index is 1.57. The highest BCUT2D eigenvalue weighted by Gasteiger charge is 2.27. The van der Waals surface area contributed by atoms with Crippen LogP contribution >= 0.6 is 11.8 Å². The summed E-state index contributed by atoms with van der Waals surface area (Å²) in [6, 6.07) is 16.6. The van der Waals surface area contributed by atoms with Crippen LogP contribution in [-0.4, -0.2) is 24.1 Å². The monoisotopic (exact) mass is 392 g/mol. The number of hydrogen-bond donors (Lipinski definition) is 1. The molecule has 0 fully saturated rings. The Hall–Kier alpha value is -2.99. The average molecular weight is 392 g/mol. The molecule has 1 aliphatic heterocycles. The fraction of sp³-hybridized carbons (Fsp3) is 0.182. The van der Waals surface area contributed by atoms with E-state index in [0.29, 0.717) is 23.6 Å². The number of hydrogen-bond acceptors (Lipinski definition) is 4. The third-order valence-electron chi connectivity index (χ3n) is 4.65. The fourth-order valence-electron chi connectivity index (χ4n) is 3.34. The van der Waals surface area contributed by atoms with E-state index in [2.05, 4.69) is 12.2 Å². The quantitative estimate of drug-likeness (QED) is 0.631. The van der Waals surface area contributed by atoms with Gasteiger partial charge in [0.25, 0.3) is 11.8 Å². The van der Waals surface area contributed by atoms with Crippen molar-refractivity contribution in [1.82, 2.24) is 0 Å². The SMILES string of the molecule is CCSc1ccccc1C(=O)Nc1ccc2c(c1)N(C(=O)c1ccco1)CC2. The normalized spacial score (nSPS) is 12.7. The highest BCUT2D eigenvalue weighted by molar-refractivity contribution is 7.99. The Bertz CT molecular complexity index is 1010. The number of anilines is 2. The lowest BCUT2D eigenvalue weighted by Gasteiger charge is -2.17. The summed E-state index contributed by atoms with van der Waals surface area (Å²) >= 11 is 1.64. The third-order valence-corrected chi connectivity index (χ3v) is 5.60. The molecule has 0 saturated heterocycles. The molecule has 2 aromatic carbocycles. The van der Waals surface area contributed by atoms with E-state index < -0.39 is 0 Å². The zero-order valence-electron chi connectivity index (χ0n) is 15.5. The van der Waals surface area contributed by atoms with Crippen LogP contribution in [0, 0.1) is 0 Å². The van der Waals surface area contributed by atoms with Crippen molar-refractivity contribution in [3.8, 4) is 0 Å². The molecule has 2 amide bonds. The minimum absolute atomic E-state index is 0.154. The number of amides is 2. The smallest absolute Gasteiger partial charge is 0.293 e. The number of rotatable bonds is 5. The van der Waals surface area contributed by atoms with Gasteiger partial charge in [-0.1, -0.05) is 25.1 Å². The Kier molecular flexibility index (Phi) is 5.21. The van der Waals surface area contributed by atoms with Crippen LogP contribution in [0.5, 0.6) is 0 Å². The van der Waals surface area contributed by atoms with Gasteiger partial charge in [0.05, 0.1) is 11.8 Å². The molecule has 3 aromatic rings. The van der Waals surface area contributed by atoms with E-state index in [0.717, 1.165) is 28.3 Å². The third kappa shape index (κ3) is 3.55. The second-order valence-corrected chi connectivity index (χ2v) is 7.72. The fourth-order valence-corrected chi connectivity index (χ4v) is 4.14. The summed E-state index contributed by atoms with van der Waals surface area (Å²) in [6.45, 7) is 2.66. The van der Waals surface area contributed by atoms with Gasteiger partial charge in [-0.25, -0.2) is 0 Å². The van der Waals surface area contributed by atoms with Crippen LogP contribution in [0.25, 0.3) is 0 Å². The van der Waals surface area contributed by atoms with E-state index >= 15 is 0 Å². The van der Waals surface area contributed by atoms with E-state index in [1.807, 2.05) is 42.5 Å². The van der Waals surface area contributed by atoms with E-state index in [-0.39, 0.29) is 11.8 Å². The molecule has 1 aliphatic rings. The van der Waals surface area contributed by atoms with Gasteiger partial charge in [-0.2, -0.15) is 0 Å². The maximum absolute atomic E-state index is 12.8. The topological polar surface area (TPSA) is 62.6 Å². The zero-order chi connectivity index (χ0) is 19.5. The maximum Gasteiger partial charge on any atom is 0.293 e. The number of benzene rings is 2. The van der Waals surface area contributed by atoms with Gasteiger partial charge in [0.15, 0.2) is 5.76 Å². The zero-order valence-corrected chi connectivity index (χ0v) is 16.3. The largest absolute Gasteiger partial charge is 0.459 e. The van der Waals surface area contributed by atoms with Gasteiger partial charge in [-0.3, -0.25) is 9.59 Å². The standard InChI is InChI=1S/C22H20N2O3S/c1-2-28-20-8-4-3-6-17(20)21(25)23-16-10-9-15-11-12-24(18(15)14-16)22(26)19-7-5-13-27-19/h3-10,13-14H,2,11-12H2,1H3,(H,23,25). The van der Waals surface area contributed by atoms with Crippen molar-refractivity contribution in [2.45, 2.75) is 18.2 Å². The van der Waals surface area contributed by atoms with Crippen LogP contribution in [0.4, 0.5) is 11.4 Å². The Labute approximate surface area is 167 Å². The molecule has 0 bridgehead atoms. The molecule has 0 spiro atoms. The number of fused-ring (bicyclic) bond motifs is 1. The van der Waals surface area contributed by atoms with Crippen LogP contribution in [0.2, 0.25) is 0 Å². The molecule has 142 valence electrons. The molecule has 5 nitrogen and oxygen atoms in total. The van der Waals surface area contributed by atoms with Crippen molar-refractivity contribution in [2.24, 2.45) is 0 Å². The van der Waals surface area contributed by atoms with Gasteiger partial charge in [-0.05, 0) is 54.1 Å². The molecular weight excluding hydrogens is 372 g/mol. The molecule has 0 aliphatic carbocycles. The predicted octanol–water partition coefficient (Wildman–Crippen LogP) is 4.85. The van der Waals surface area contributed by atoms with Gasteiger partial charge < -0.3 is 14.6 Å². The van der Waals surface area contributed by atoms with E-state index in [1.54, 1.807) is 28.8 Å². The van der Waals surface area contributed by atoms with Gasteiger partial charge in [0.1, 0.15) is 0 Å². The first-order chi connectivity index (χ1) is 13.7. The van der Waals surface area contributed by atoms with Crippen molar-refractivity contribution in [1.29, 1.82) is 0 Å². The van der Waals surface area contributed by atoms with Crippen molar-refractivity contribution in [3.05, 3.63) is 77.7 Å². The van der Waals surface area contributed by atoms with Gasteiger partial charge in [0.2, 0.25) is 0 Å². The van der Waals surface area contributed by atoms with E-state index in [9.17, 15) is 9.59 Å². The molecule has 6 heteroatoms. The van der Waals surface area contributed by atoms with E-state index in [1.165, 1.54) is 6.26 Å². The first kappa shape index (κ1) is 18.4. The summed E-state index contributed by atoms with van der Waals surface area (Å²) in [4.78, 5) is 28.1. The highest BCUT2D eigenvalue weighted by atomic mass is 32.2. The second kappa shape index (κ2) is 7.94. The van der Waals surface area contributed by atoms with Crippen LogP contribution < -0.4 is 10.2 Å². The molecule has 4 rings (SSSR count). The van der Waals surface area contributed by atoms with Gasteiger partial charge in [-0.15, -0.1) is 11.8 Å². The van der Waals surface area contributed by atoms with Crippen LogP contribution in [0.3, 0.4) is 0 Å². The summed E-state index contributed by atoms with van der Waals surface area (Å²) in [7, 11) is 0. The first-order valence-corrected chi connectivity index (χ1v) is 10.2. The summed E-state index contributed by atoms with van der Waals surface area (Å²) in [6.07, 6.45) is 2.28. The Morgan fingerprint density at radius 1 is 1.14 bits per heavy atom. The number of carbonyl (C=O) groups excluding carboxylic acids is 2. The predicted molar refractivity (Wildman–Crippen MR) is 111 cm³/mol. The summed E-state index contributed by atoms with van der Waals surface area (Å²) in [5.41, 5.74) is 3.22. The summed E-state index contributed by atoms with van der Waals surface area (Å²) in [5.74, 6) is 0.885. The number of furan rings is 1. The lowest BCUT2D eigenvalue weighted by Crippen LogP contribution is -2.28. The van der Waals surface area contributed by atoms with Crippen molar-refractivity contribution in [3.63, 3.8) is 0 Å². The number of thioether (sulfide) groups is 1. The highest BCUT2D eigenvalue weighted by Crippen LogP contribution is 2.32. The number of nitrogens with one attached hydrogen (secondary N) is 1. The maximum atomic E-state index is 12.8. The minimum atomic E-state index is -0.170. The minimum Gasteiger partial charge on any atom is -0.459 e. The van der Waals surface area contributed by atoms with Crippen molar-refractivity contribution in [2.75, 3.05) is 22.5 Å². The number of nitrogens with zero attached hydrogens (tertiary/aromatic N) is 1. The molecule has 0 saturated carbocycles. The second-order valence-electron chi connectivity index (χ2n) is 6.41. The lowest BCUT2D eigenvalue weighted by atomic mass is 10.1. The summed E-state index contributed by atoms with van der Waals surface area (Å²) < 4.78 is 5.25. The molecule has 0 atom stereocenters. The molecule has 1 N–H and O–H groups in total. The number of carbonyl (C=O) groups is 2. The molecule has 28 heavy (non-hydrogen) atoms. The van der Waals surface area contributed by atoms with Crippen molar-refractivity contribution >= 4 is 35.0 Å². The first-order valence-electron chi connectivity index (χ1n) is 9.19. The van der Waals surface area contributed by atoms with Crippen LogP contribution in [0.15, 0.2) is 70.2 Å². The lowest BCUT2D eigenvalue weighted by molar-refractivity contribution is 0.0962. The average Bonchev–Trinajstić information content (AvgIpc) is 3.38. The molecule has 0 unspecified atom stereocenters. The molecule has 2 heterocycles. The molecule has 1 aromatic heterocycles. The van der Waals surface area contributed by atoms with E-state index in [4.69, 9.17) is 4.42 Å². The molecular formula is C22H20N2O3S. The van der Waals surface area contributed by atoms with Crippen molar-refractivity contribution < 1.29 is 14.0 Å². The molecule has 0 radical (unpaired) electrons.